The Kier molecular flexibility index (Phi) is 5.74. The Bertz CT molecular complexity index is 350. The first kappa shape index (κ1) is 14.8. The fraction of sp³-hybridized carbons (Fsp3) is 0.889. The van der Waals surface area contributed by atoms with Gasteiger partial charge in [-0.1, -0.05) is 19.1 Å². The second kappa shape index (κ2) is 6.60. The molecule has 0 saturated carbocycles. The van der Waals surface area contributed by atoms with Crippen molar-refractivity contribution in [2.45, 2.75) is 25.8 Å². The summed E-state index contributed by atoms with van der Waals surface area (Å²) >= 11 is 4.84. The fourth-order valence-electron chi connectivity index (χ4n) is 1.88. The summed E-state index contributed by atoms with van der Waals surface area (Å²) in [5.41, 5.74) is 5.47. The normalized spacial score (nSPS) is 19.4. The van der Waals surface area contributed by atoms with Gasteiger partial charge in [0.2, 0.25) is 0 Å². The molecule has 1 aliphatic rings. The van der Waals surface area contributed by atoms with Crippen LogP contribution < -0.4 is 15.2 Å². The van der Waals surface area contributed by atoms with Crippen molar-refractivity contribution in [1.29, 1.82) is 0 Å². The van der Waals surface area contributed by atoms with Crippen LogP contribution in [0.15, 0.2) is 0 Å². The summed E-state index contributed by atoms with van der Waals surface area (Å²) in [7, 11) is -3.34. The van der Waals surface area contributed by atoms with Crippen LogP contribution in [0.1, 0.15) is 19.8 Å². The molecule has 0 radical (unpaired) electrons. The number of hydrogen-bond acceptors (Lipinski definition) is 4. The van der Waals surface area contributed by atoms with Gasteiger partial charge < -0.3 is 5.73 Å². The second-order valence-corrected chi connectivity index (χ2v) is 6.19. The fourth-order valence-corrected chi connectivity index (χ4v) is 3.20. The Hall–Kier alpha value is -0.280. The van der Waals surface area contributed by atoms with Crippen molar-refractivity contribution in [3.05, 3.63) is 0 Å². The van der Waals surface area contributed by atoms with E-state index in [1.807, 2.05) is 0 Å². The monoisotopic (exact) mass is 280 g/mol. The van der Waals surface area contributed by atoms with E-state index in [-0.39, 0.29) is 6.04 Å². The Balaban J connectivity index is 2.35. The number of likely N-dealkylation sites (tertiary alicyclic amines) is 1. The van der Waals surface area contributed by atoms with Crippen molar-refractivity contribution < 1.29 is 8.42 Å². The van der Waals surface area contributed by atoms with Crippen molar-refractivity contribution in [3.63, 3.8) is 0 Å². The van der Waals surface area contributed by atoms with Gasteiger partial charge >= 0.3 is 0 Å². The zero-order chi connectivity index (χ0) is 12.9. The molecule has 100 valence electrons. The second-order valence-electron chi connectivity index (χ2n) is 4.14. The lowest BCUT2D eigenvalue weighted by Gasteiger charge is -2.31. The van der Waals surface area contributed by atoms with Gasteiger partial charge in [0.1, 0.15) is 0 Å². The number of nitrogens with zero attached hydrogens (tertiary/aromatic N) is 1. The molecule has 1 fully saturated rings. The lowest BCUT2D eigenvalue weighted by Crippen LogP contribution is -2.49. The summed E-state index contributed by atoms with van der Waals surface area (Å²) in [6, 6.07) is 0.00152. The van der Waals surface area contributed by atoms with E-state index >= 15 is 0 Å². The summed E-state index contributed by atoms with van der Waals surface area (Å²) in [5.74, 6) is 0. The maximum Gasteiger partial charge on any atom is 0.277 e. The molecule has 1 aliphatic heterocycles. The van der Waals surface area contributed by atoms with E-state index in [0.717, 1.165) is 25.9 Å². The average Bonchev–Trinajstić information content (AvgIpc) is 2.19. The van der Waals surface area contributed by atoms with Crippen LogP contribution >= 0.6 is 12.2 Å². The molecule has 0 amide bonds. The molecule has 1 heterocycles. The van der Waals surface area contributed by atoms with E-state index in [2.05, 4.69) is 14.3 Å². The van der Waals surface area contributed by atoms with E-state index in [1.54, 1.807) is 6.92 Å². The van der Waals surface area contributed by atoms with Crippen LogP contribution in [0.2, 0.25) is 0 Å². The van der Waals surface area contributed by atoms with Crippen molar-refractivity contribution in [3.8, 4) is 0 Å². The molecular weight excluding hydrogens is 260 g/mol. The molecule has 0 aliphatic carbocycles. The zero-order valence-electron chi connectivity index (χ0n) is 9.98. The molecule has 1 rings (SSSR count). The number of nitrogens with one attached hydrogen (secondary N) is 2. The molecular formula is C9H20N4O2S2. The molecule has 6 nitrogen and oxygen atoms in total. The van der Waals surface area contributed by atoms with Gasteiger partial charge in [0, 0.05) is 32.2 Å². The first-order chi connectivity index (χ1) is 7.93. The summed E-state index contributed by atoms with van der Waals surface area (Å²) in [6.07, 6.45) is 1.57. The van der Waals surface area contributed by atoms with Crippen molar-refractivity contribution in [2.75, 3.05) is 26.2 Å². The third-order valence-corrected chi connectivity index (χ3v) is 4.06. The van der Waals surface area contributed by atoms with Gasteiger partial charge in [0.05, 0.1) is 4.99 Å². The van der Waals surface area contributed by atoms with Crippen molar-refractivity contribution >= 4 is 27.4 Å². The highest BCUT2D eigenvalue weighted by atomic mass is 32.2. The van der Waals surface area contributed by atoms with Crippen LogP contribution in [0, 0.1) is 0 Å². The summed E-state index contributed by atoms with van der Waals surface area (Å²) in [6.45, 7) is 4.40. The number of nitrogens with two attached hydrogens (primary N) is 1. The van der Waals surface area contributed by atoms with Crippen LogP contribution in [0.3, 0.4) is 0 Å². The minimum atomic E-state index is -3.34. The summed E-state index contributed by atoms with van der Waals surface area (Å²) < 4.78 is 28.0. The van der Waals surface area contributed by atoms with Gasteiger partial charge in [-0.25, -0.2) is 4.72 Å². The summed E-state index contributed by atoms with van der Waals surface area (Å²) in [5, 5.41) is 0. The number of piperidine rings is 1. The largest absolute Gasteiger partial charge is 0.392 e. The molecule has 0 aromatic carbocycles. The molecule has 0 unspecified atom stereocenters. The van der Waals surface area contributed by atoms with Crippen LogP contribution in [0.5, 0.6) is 0 Å². The standard InChI is InChI=1S/C9H20N4O2S2/c1-2-11-17(14,15)12-8-3-5-13(6-4-8)7-9(10)16/h8,11-12H,2-7H2,1H3,(H2,10,16). The summed E-state index contributed by atoms with van der Waals surface area (Å²) in [4.78, 5) is 2.62. The molecule has 0 atom stereocenters. The lowest BCUT2D eigenvalue weighted by molar-refractivity contribution is 0.232. The molecule has 0 bridgehead atoms. The highest BCUT2D eigenvalue weighted by Gasteiger charge is 2.22. The van der Waals surface area contributed by atoms with Gasteiger partial charge in [-0.15, -0.1) is 0 Å². The number of rotatable bonds is 6. The van der Waals surface area contributed by atoms with Crippen LogP contribution in [-0.2, 0) is 10.2 Å². The van der Waals surface area contributed by atoms with Gasteiger partial charge in [0.15, 0.2) is 0 Å². The molecule has 0 spiro atoms. The van der Waals surface area contributed by atoms with Crippen molar-refractivity contribution in [1.82, 2.24) is 14.3 Å². The maximum atomic E-state index is 11.5. The van der Waals surface area contributed by atoms with E-state index < -0.39 is 10.2 Å². The first-order valence-corrected chi connectivity index (χ1v) is 7.59. The van der Waals surface area contributed by atoms with Crippen LogP contribution in [0.25, 0.3) is 0 Å². The van der Waals surface area contributed by atoms with Gasteiger partial charge in [-0.2, -0.15) is 13.1 Å². The van der Waals surface area contributed by atoms with Crippen LogP contribution in [0.4, 0.5) is 0 Å². The SMILES string of the molecule is CCNS(=O)(=O)NC1CCN(CC(N)=S)CC1. The Morgan fingerprint density at radius 3 is 2.53 bits per heavy atom. The maximum absolute atomic E-state index is 11.5. The van der Waals surface area contributed by atoms with Crippen LogP contribution in [-0.4, -0.2) is 50.5 Å². The van der Waals surface area contributed by atoms with E-state index in [1.165, 1.54) is 0 Å². The van der Waals surface area contributed by atoms with Gasteiger partial charge in [0.25, 0.3) is 10.2 Å². The minimum absolute atomic E-state index is 0.00152. The zero-order valence-corrected chi connectivity index (χ0v) is 11.6. The van der Waals surface area contributed by atoms with Gasteiger partial charge in [-0.05, 0) is 12.8 Å². The minimum Gasteiger partial charge on any atom is -0.392 e. The predicted octanol–water partition coefficient (Wildman–Crippen LogP) is -0.819. The molecule has 8 heteroatoms. The van der Waals surface area contributed by atoms with E-state index in [9.17, 15) is 8.42 Å². The van der Waals surface area contributed by atoms with Crippen molar-refractivity contribution in [2.24, 2.45) is 5.73 Å². The highest BCUT2D eigenvalue weighted by molar-refractivity contribution is 7.87. The third-order valence-electron chi connectivity index (χ3n) is 2.62. The number of hydrogen-bond donors (Lipinski definition) is 3. The van der Waals surface area contributed by atoms with E-state index in [4.69, 9.17) is 18.0 Å². The Morgan fingerprint density at radius 1 is 1.47 bits per heavy atom. The number of thiocarbonyl (C=S) groups is 1. The average molecular weight is 280 g/mol. The smallest absolute Gasteiger partial charge is 0.277 e. The lowest BCUT2D eigenvalue weighted by atomic mass is 10.1. The highest BCUT2D eigenvalue weighted by Crippen LogP contribution is 2.10. The molecule has 17 heavy (non-hydrogen) atoms. The van der Waals surface area contributed by atoms with E-state index in [0.29, 0.717) is 18.1 Å². The topological polar surface area (TPSA) is 87.5 Å². The van der Waals surface area contributed by atoms with Gasteiger partial charge in [-0.3, -0.25) is 4.90 Å². The Labute approximate surface area is 108 Å². The molecule has 0 aromatic rings. The Morgan fingerprint density at radius 2 is 2.06 bits per heavy atom. The molecule has 4 N–H and O–H groups in total. The first-order valence-electron chi connectivity index (χ1n) is 5.70. The quantitative estimate of drug-likeness (QED) is 0.553. The third kappa shape index (κ3) is 5.73. The predicted molar refractivity (Wildman–Crippen MR) is 72.0 cm³/mol. The molecule has 0 aromatic heterocycles. The molecule has 1 saturated heterocycles.